The molecule has 0 aromatic heterocycles. The molecule has 1 atom stereocenters. The van der Waals surface area contributed by atoms with Crippen molar-refractivity contribution in [2.24, 2.45) is 5.41 Å². The average Bonchev–Trinajstić information content (AvgIpc) is 2.70. The van der Waals surface area contributed by atoms with Gasteiger partial charge >= 0.3 is 5.97 Å². The van der Waals surface area contributed by atoms with Crippen molar-refractivity contribution < 1.29 is 19.7 Å². The average molecular weight is 245 g/mol. The lowest BCUT2D eigenvalue weighted by Gasteiger charge is -2.24. The number of likely N-dealkylation sites (tertiary alicyclic amines) is 1. The number of rotatable bonds is 8. The highest BCUT2D eigenvalue weighted by Crippen LogP contribution is 2.35. The molecule has 1 unspecified atom stereocenters. The minimum atomic E-state index is -0.668. The summed E-state index contributed by atoms with van der Waals surface area (Å²) in [6.45, 7) is 5.17. The van der Waals surface area contributed by atoms with Gasteiger partial charge in [-0.1, -0.05) is 13.3 Å². The quantitative estimate of drug-likeness (QED) is 0.612. The first-order chi connectivity index (χ1) is 8.14. The number of hydrogen-bond acceptors (Lipinski definition) is 4. The summed E-state index contributed by atoms with van der Waals surface area (Å²) in [4.78, 5) is 13.5. The van der Waals surface area contributed by atoms with E-state index >= 15 is 0 Å². The van der Waals surface area contributed by atoms with Crippen LogP contribution >= 0.6 is 0 Å². The second-order valence-electron chi connectivity index (χ2n) is 4.70. The van der Waals surface area contributed by atoms with Crippen molar-refractivity contribution in [3.05, 3.63) is 0 Å². The standard InChI is InChI=1S/C12H23NO4/c1-2-3-12(11(15)16)4-5-13(10-12)6-8-17-9-7-14/h14H,2-10H2,1H3,(H,15,16). The van der Waals surface area contributed by atoms with Gasteiger partial charge in [0.1, 0.15) is 0 Å². The number of carbonyl (C=O) groups is 1. The maximum Gasteiger partial charge on any atom is 0.310 e. The van der Waals surface area contributed by atoms with Crippen LogP contribution in [0.4, 0.5) is 0 Å². The van der Waals surface area contributed by atoms with Crippen molar-refractivity contribution in [1.82, 2.24) is 4.90 Å². The van der Waals surface area contributed by atoms with Crippen LogP contribution in [-0.2, 0) is 9.53 Å². The monoisotopic (exact) mass is 245 g/mol. The van der Waals surface area contributed by atoms with E-state index in [0.29, 0.717) is 19.8 Å². The van der Waals surface area contributed by atoms with Gasteiger partial charge in [-0.2, -0.15) is 0 Å². The van der Waals surface area contributed by atoms with Crippen LogP contribution in [0.3, 0.4) is 0 Å². The maximum absolute atomic E-state index is 11.3. The number of nitrogens with zero attached hydrogens (tertiary/aromatic N) is 1. The Kier molecular flexibility index (Phi) is 5.88. The fourth-order valence-electron chi connectivity index (χ4n) is 2.47. The molecule has 0 aromatic rings. The van der Waals surface area contributed by atoms with Gasteiger partial charge in [-0.15, -0.1) is 0 Å². The minimum absolute atomic E-state index is 0.0366. The summed E-state index contributed by atoms with van der Waals surface area (Å²) < 4.78 is 5.19. The molecular formula is C12H23NO4. The molecule has 100 valence electrons. The smallest absolute Gasteiger partial charge is 0.310 e. The molecule has 0 radical (unpaired) electrons. The van der Waals surface area contributed by atoms with Gasteiger partial charge in [0.05, 0.1) is 25.2 Å². The molecule has 1 rings (SSSR count). The summed E-state index contributed by atoms with van der Waals surface area (Å²) in [7, 11) is 0. The summed E-state index contributed by atoms with van der Waals surface area (Å²) in [6, 6.07) is 0. The van der Waals surface area contributed by atoms with E-state index in [4.69, 9.17) is 9.84 Å². The third kappa shape index (κ3) is 3.94. The van der Waals surface area contributed by atoms with Crippen molar-refractivity contribution in [2.75, 3.05) is 39.5 Å². The molecule has 0 bridgehead atoms. The number of hydrogen-bond donors (Lipinski definition) is 2. The van der Waals surface area contributed by atoms with Gasteiger partial charge in [0.15, 0.2) is 0 Å². The highest BCUT2D eigenvalue weighted by atomic mass is 16.5. The molecule has 5 heteroatoms. The molecule has 1 saturated heterocycles. The Balaban J connectivity index is 2.35. The molecule has 1 aliphatic heterocycles. The molecule has 17 heavy (non-hydrogen) atoms. The van der Waals surface area contributed by atoms with Crippen LogP contribution in [0, 0.1) is 5.41 Å². The van der Waals surface area contributed by atoms with E-state index in [1.165, 1.54) is 0 Å². The summed E-state index contributed by atoms with van der Waals surface area (Å²) in [5.41, 5.74) is -0.550. The molecule has 0 amide bonds. The van der Waals surface area contributed by atoms with Crippen LogP contribution in [0.5, 0.6) is 0 Å². The predicted molar refractivity (Wildman–Crippen MR) is 63.9 cm³/mol. The van der Waals surface area contributed by atoms with Crippen LogP contribution in [0.1, 0.15) is 26.2 Å². The highest BCUT2D eigenvalue weighted by Gasteiger charge is 2.43. The van der Waals surface area contributed by atoms with Gasteiger partial charge in [-0.3, -0.25) is 9.69 Å². The Bertz CT molecular complexity index is 247. The first-order valence-electron chi connectivity index (χ1n) is 6.29. The normalized spacial score (nSPS) is 25.3. The fraction of sp³-hybridized carbons (Fsp3) is 0.917. The molecule has 0 spiro atoms. The van der Waals surface area contributed by atoms with Crippen molar-refractivity contribution >= 4 is 5.97 Å². The molecule has 1 aliphatic rings. The van der Waals surface area contributed by atoms with Crippen LogP contribution in [0.15, 0.2) is 0 Å². The van der Waals surface area contributed by atoms with Gasteiger partial charge in [-0.25, -0.2) is 0 Å². The lowest BCUT2D eigenvalue weighted by Crippen LogP contribution is -2.35. The summed E-state index contributed by atoms with van der Waals surface area (Å²) in [5.74, 6) is -0.668. The Morgan fingerprint density at radius 3 is 2.82 bits per heavy atom. The molecule has 1 fully saturated rings. The van der Waals surface area contributed by atoms with Crippen molar-refractivity contribution in [2.45, 2.75) is 26.2 Å². The Morgan fingerprint density at radius 1 is 1.47 bits per heavy atom. The number of aliphatic hydroxyl groups is 1. The van der Waals surface area contributed by atoms with E-state index in [9.17, 15) is 9.90 Å². The third-order valence-corrected chi connectivity index (χ3v) is 3.40. The van der Waals surface area contributed by atoms with Crippen molar-refractivity contribution in [3.63, 3.8) is 0 Å². The lowest BCUT2D eigenvalue weighted by atomic mass is 9.83. The number of aliphatic hydroxyl groups excluding tert-OH is 1. The number of aliphatic carboxylic acids is 1. The van der Waals surface area contributed by atoms with Crippen LogP contribution in [0.2, 0.25) is 0 Å². The van der Waals surface area contributed by atoms with E-state index < -0.39 is 11.4 Å². The van der Waals surface area contributed by atoms with Crippen LogP contribution < -0.4 is 0 Å². The topological polar surface area (TPSA) is 70.0 Å². The van der Waals surface area contributed by atoms with Crippen LogP contribution in [0.25, 0.3) is 0 Å². The van der Waals surface area contributed by atoms with E-state index in [2.05, 4.69) is 4.90 Å². The summed E-state index contributed by atoms with van der Waals surface area (Å²) >= 11 is 0. The summed E-state index contributed by atoms with van der Waals surface area (Å²) in [5, 5.41) is 17.9. The molecular weight excluding hydrogens is 222 g/mol. The maximum atomic E-state index is 11.3. The molecule has 1 heterocycles. The van der Waals surface area contributed by atoms with Crippen LogP contribution in [-0.4, -0.2) is 60.5 Å². The van der Waals surface area contributed by atoms with Gasteiger partial charge in [0.25, 0.3) is 0 Å². The fourth-order valence-corrected chi connectivity index (χ4v) is 2.47. The molecule has 0 aromatic carbocycles. The van der Waals surface area contributed by atoms with Gasteiger partial charge in [0.2, 0.25) is 0 Å². The SMILES string of the molecule is CCCC1(C(=O)O)CCN(CCOCCO)C1. The summed E-state index contributed by atoms with van der Waals surface area (Å²) in [6.07, 6.45) is 2.38. The highest BCUT2D eigenvalue weighted by molar-refractivity contribution is 5.75. The predicted octanol–water partition coefficient (Wildman–Crippen LogP) is 0.572. The Morgan fingerprint density at radius 2 is 2.24 bits per heavy atom. The van der Waals surface area contributed by atoms with Crippen molar-refractivity contribution in [3.8, 4) is 0 Å². The van der Waals surface area contributed by atoms with E-state index in [0.717, 1.165) is 32.4 Å². The number of carboxylic acid groups (broad SMARTS) is 1. The Hall–Kier alpha value is -0.650. The van der Waals surface area contributed by atoms with E-state index in [-0.39, 0.29) is 6.61 Å². The van der Waals surface area contributed by atoms with Gasteiger partial charge < -0.3 is 14.9 Å². The lowest BCUT2D eigenvalue weighted by molar-refractivity contribution is -0.148. The molecule has 5 nitrogen and oxygen atoms in total. The zero-order chi connectivity index (χ0) is 12.7. The third-order valence-electron chi connectivity index (χ3n) is 3.40. The van der Waals surface area contributed by atoms with Gasteiger partial charge in [-0.05, 0) is 19.4 Å². The molecule has 0 saturated carbocycles. The second-order valence-corrected chi connectivity index (χ2v) is 4.70. The number of ether oxygens (including phenoxy) is 1. The van der Waals surface area contributed by atoms with E-state index in [1.54, 1.807) is 0 Å². The zero-order valence-electron chi connectivity index (χ0n) is 10.5. The Labute approximate surface area is 102 Å². The largest absolute Gasteiger partial charge is 0.481 e. The minimum Gasteiger partial charge on any atom is -0.481 e. The van der Waals surface area contributed by atoms with Crippen molar-refractivity contribution in [1.29, 1.82) is 0 Å². The molecule has 0 aliphatic carbocycles. The first kappa shape index (κ1) is 14.4. The molecule has 2 N–H and O–H groups in total. The van der Waals surface area contributed by atoms with E-state index in [1.807, 2.05) is 6.92 Å². The van der Waals surface area contributed by atoms with Gasteiger partial charge in [0, 0.05) is 13.1 Å². The zero-order valence-corrected chi connectivity index (χ0v) is 10.5. The second kappa shape index (κ2) is 6.93. The number of carboxylic acids is 1. The first-order valence-corrected chi connectivity index (χ1v) is 6.29.